The maximum atomic E-state index is 13.6. The van der Waals surface area contributed by atoms with Gasteiger partial charge < -0.3 is 0 Å². The van der Waals surface area contributed by atoms with Crippen LogP contribution in [0.3, 0.4) is 0 Å². The van der Waals surface area contributed by atoms with E-state index in [1.54, 1.807) is 24.3 Å². The molecule has 4 aromatic carbocycles. The summed E-state index contributed by atoms with van der Waals surface area (Å²) in [5.41, 5.74) is 2.17. The van der Waals surface area contributed by atoms with Gasteiger partial charge in [0.2, 0.25) is 0 Å². The predicted molar refractivity (Wildman–Crippen MR) is 131 cm³/mol. The first-order chi connectivity index (χ1) is 15.5. The molecule has 0 radical (unpaired) electrons. The lowest BCUT2D eigenvalue weighted by Crippen LogP contribution is -2.14. The van der Waals surface area contributed by atoms with Crippen LogP contribution in [0.15, 0.2) is 129 Å². The lowest BCUT2D eigenvalue weighted by molar-refractivity contribution is 0.508. The molecular formula is C27H26O3S2. The first-order valence-corrected chi connectivity index (χ1v) is 13.5. The largest absolute Gasteiger partial charge is 0.307 e. The zero-order valence-electron chi connectivity index (χ0n) is 18.1. The smallest absolute Gasteiger partial charge is 0.203 e. The van der Waals surface area contributed by atoms with Gasteiger partial charge in [-0.1, -0.05) is 73.2 Å². The summed E-state index contributed by atoms with van der Waals surface area (Å²) in [7, 11) is -6.62. The lowest BCUT2D eigenvalue weighted by atomic mass is 10.2. The molecule has 32 heavy (non-hydrogen) atoms. The molecule has 0 atom stereocenters. The van der Waals surface area contributed by atoms with Crippen molar-refractivity contribution in [2.75, 3.05) is 0 Å². The first-order valence-electron chi connectivity index (χ1n) is 10.5. The molecule has 4 aromatic rings. The standard InChI is InChI=1S/C27H26O3S2/c1-3-23-16-20-26(21-17-23)31(24-10-6-4-7-11-24,25-12-8-5-9-13-25)30-32(28,29)27-18-14-22(2)15-19-27/h4-21H,3H2,1-2H3. The van der Waals surface area contributed by atoms with Crippen molar-refractivity contribution in [2.45, 2.75) is 39.9 Å². The Bertz CT molecular complexity index is 1230. The van der Waals surface area contributed by atoms with Crippen molar-refractivity contribution in [3.63, 3.8) is 0 Å². The summed E-state index contributed by atoms with van der Waals surface area (Å²) in [5, 5.41) is 0. The van der Waals surface area contributed by atoms with Crippen LogP contribution in [0, 0.1) is 6.92 Å². The van der Waals surface area contributed by atoms with Crippen molar-refractivity contribution in [1.82, 2.24) is 0 Å². The Kier molecular flexibility index (Phi) is 6.51. The van der Waals surface area contributed by atoms with Gasteiger partial charge in [0.15, 0.2) is 0 Å². The molecule has 0 unspecified atom stereocenters. The van der Waals surface area contributed by atoms with Crippen molar-refractivity contribution in [2.24, 2.45) is 0 Å². The fraction of sp³-hybridized carbons (Fsp3) is 0.111. The minimum Gasteiger partial charge on any atom is -0.203 e. The zero-order valence-corrected chi connectivity index (χ0v) is 19.8. The third kappa shape index (κ3) is 4.37. The van der Waals surface area contributed by atoms with E-state index in [0.717, 1.165) is 26.7 Å². The number of hydrogen-bond acceptors (Lipinski definition) is 3. The normalized spacial score (nSPS) is 12.4. The molecule has 0 saturated carbocycles. The molecule has 3 nitrogen and oxygen atoms in total. The molecule has 0 aliphatic carbocycles. The van der Waals surface area contributed by atoms with Gasteiger partial charge in [0.25, 0.3) is 0 Å². The second kappa shape index (κ2) is 9.33. The van der Waals surface area contributed by atoms with Gasteiger partial charge in [-0.15, -0.1) is 0 Å². The van der Waals surface area contributed by atoms with Gasteiger partial charge in [-0.2, -0.15) is 8.42 Å². The summed E-state index contributed by atoms with van der Waals surface area (Å²) in [6.45, 7) is 4.03. The Morgan fingerprint density at radius 3 is 1.50 bits per heavy atom. The molecule has 5 heteroatoms. The van der Waals surface area contributed by atoms with Crippen LogP contribution in [-0.4, -0.2) is 8.42 Å². The summed E-state index contributed by atoms with van der Waals surface area (Å²) < 4.78 is 33.5. The van der Waals surface area contributed by atoms with Gasteiger partial charge in [0.05, 0.1) is 4.90 Å². The highest BCUT2D eigenvalue weighted by molar-refractivity contribution is 8.33. The average molecular weight is 463 g/mol. The molecule has 0 bridgehead atoms. The Hall–Kier alpha value is -2.86. The Morgan fingerprint density at radius 2 is 1.03 bits per heavy atom. The topological polar surface area (TPSA) is 43.4 Å². The van der Waals surface area contributed by atoms with E-state index in [2.05, 4.69) is 6.92 Å². The highest BCUT2D eigenvalue weighted by Gasteiger charge is 2.38. The van der Waals surface area contributed by atoms with Crippen LogP contribution < -0.4 is 0 Å². The second-order valence-electron chi connectivity index (χ2n) is 7.52. The van der Waals surface area contributed by atoms with E-state index in [1.807, 2.05) is 91.9 Å². The minimum atomic E-state index is -4.06. The average Bonchev–Trinajstić information content (AvgIpc) is 2.84. The first kappa shape index (κ1) is 22.3. The summed E-state index contributed by atoms with van der Waals surface area (Å²) in [6, 6.07) is 34.2. The summed E-state index contributed by atoms with van der Waals surface area (Å²) in [4.78, 5) is 2.64. The molecule has 0 spiro atoms. The quantitative estimate of drug-likeness (QED) is 0.293. The van der Waals surface area contributed by atoms with Crippen LogP contribution in [0.1, 0.15) is 18.1 Å². The van der Waals surface area contributed by atoms with Crippen LogP contribution in [0.25, 0.3) is 0 Å². The summed E-state index contributed by atoms with van der Waals surface area (Å²) >= 11 is 0. The van der Waals surface area contributed by atoms with E-state index >= 15 is 0 Å². The maximum absolute atomic E-state index is 13.6. The Morgan fingerprint density at radius 1 is 0.594 bits per heavy atom. The van der Waals surface area contributed by atoms with Gasteiger partial charge in [-0.05, 0) is 77.7 Å². The summed E-state index contributed by atoms with van der Waals surface area (Å²) in [6.07, 6.45) is 0.905. The highest BCUT2D eigenvalue weighted by atomic mass is 32.3. The van der Waals surface area contributed by atoms with E-state index in [9.17, 15) is 8.42 Å². The third-order valence-corrected chi connectivity index (χ3v) is 10.5. The molecule has 0 aliphatic rings. The molecule has 0 heterocycles. The second-order valence-corrected chi connectivity index (χ2v) is 12.0. The number of rotatable bonds is 7. The molecule has 0 aliphatic heterocycles. The molecule has 0 amide bonds. The zero-order chi connectivity index (χ0) is 22.6. The fourth-order valence-electron chi connectivity index (χ4n) is 3.55. The number of aryl methyl sites for hydroxylation is 2. The van der Waals surface area contributed by atoms with Crippen LogP contribution in [0.2, 0.25) is 0 Å². The van der Waals surface area contributed by atoms with Crippen molar-refractivity contribution in [1.29, 1.82) is 0 Å². The number of benzene rings is 4. The van der Waals surface area contributed by atoms with Gasteiger partial charge in [-0.3, -0.25) is 0 Å². The van der Waals surface area contributed by atoms with E-state index in [-0.39, 0.29) is 4.90 Å². The van der Waals surface area contributed by atoms with Gasteiger partial charge in [0, 0.05) is 14.7 Å². The Labute approximate surface area is 192 Å². The van der Waals surface area contributed by atoms with E-state index in [0.29, 0.717) is 0 Å². The maximum Gasteiger partial charge on any atom is 0.307 e. The molecule has 0 N–H and O–H groups in total. The van der Waals surface area contributed by atoms with E-state index in [4.69, 9.17) is 3.63 Å². The molecule has 0 fully saturated rings. The molecule has 164 valence electrons. The molecule has 0 saturated heterocycles. The van der Waals surface area contributed by atoms with Gasteiger partial charge in [0.1, 0.15) is 0 Å². The monoisotopic (exact) mass is 462 g/mol. The fourth-order valence-corrected chi connectivity index (χ4v) is 8.76. The number of hydrogen-bond donors (Lipinski definition) is 0. The predicted octanol–water partition coefficient (Wildman–Crippen LogP) is 7.16. The minimum absolute atomic E-state index is 0.150. The van der Waals surface area contributed by atoms with Crippen LogP contribution in [0.5, 0.6) is 0 Å². The van der Waals surface area contributed by atoms with Crippen molar-refractivity contribution >= 4 is 20.4 Å². The highest BCUT2D eigenvalue weighted by Crippen LogP contribution is 2.70. The van der Waals surface area contributed by atoms with E-state index < -0.39 is 20.4 Å². The van der Waals surface area contributed by atoms with Crippen LogP contribution in [-0.2, 0) is 20.2 Å². The van der Waals surface area contributed by atoms with Crippen molar-refractivity contribution in [3.8, 4) is 0 Å². The summed E-state index contributed by atoms with van der Waals surface area (Å²) in [5.74, 6) is 0. The lowest BCUT2D eigenvalue weighted by Gasteiger charge is -2.39. The molecular weight excluding hydrogens is 436 g/mol. The van der Waals surface area contributed by atoms with Gasteiger partial charge in [-0.25, -0.2) is 3.63 Å². The van der Waals surface area contributed by atoms with Crippen LogP contribution >= 0.6 is 10.3 Å². The van der Waals surface area contributed by atoms with Crippen molar-refractivity contribution in [3.05, 3.63) is 120 Å². The SMILES string of the molecule is CCc1ccc(S(OS(=O)(=O)c2ccc(C)cc2)(c2ccccc2)c2ccccc2)cc1. The third-order valence-electron chi connectivity index (χ3n) is 5.32. The van der Waals surface area contributed by atoms with Crippen LogP contribution in [0.4, 0.5) is 0 Å². The van der Waals surface area contributed by atoms with E-state index in [1.165, 1.54) is 5.56 Å². The molecule has 0 aromatic heterocycles. The van der Waals surface area contributed by atoms with Crippen molar-refractivity contribution < 1.29 is 12.0 Å². The molecule has 4 rings (SSSR count). The van der Waals surface area contributed by atoms with Gasteiger partial charge >= 0.3 is 10.1 Å². The Balaban J connectivity index is 1.99.